The summed E-state index contributed by atoms with van der Waals surface area (Å²) in [6.45, 7) is 0.363. The molecule has 2 nitrogen and oxygen atoms in total. The SMILES string of the molecule is O=COC(C(Br)(Br)Br)C(Br)(Br)Br. The third-order valence-electron chi connectivity index (χ3n) is 0.786. The van der Waals surface area contributed by atoms with Crippen LogP contribution < -0.4 is 0 Å². The molecule has 0 aliphatic carbocycles. The minimum absolute atomic E-state index is 0.363. The highest BCUT2D eigenvalue weighted by Gasteiger charge is 2.45. The Hall–Kier alpha value is 2.35. The lowest BCUT2D eigenvalue weighted by Crippen LogP contribution is -2.38. The van der Waals surface area contributed by atoms with Crippen LogP contribution in [-0.2, 0) is 9.53 Å². The average Bonchev–Trinajstić information content (AvgIpc) is 1.77. The minimum Gasteiger partial charge on any atom is -0.458 e. The standard InChI is InChI=1S/C4H2Br6O2/c5-3(6,7)2(12-1-11)4(8,9)10/h1-2H. The number of hydrogen-bond donors (Lipinski definition) is 0. The molecule has 0 aromatic carbocycles. The molecule has 12 heavy (non-hydrogen) atoms. The van der Waals surface area contributed by atoms with Gasteiger partial charge in [0.15, 0.2) is 10.4 Å². The molecule has 0 unspecified atom stereocenters. The maximum absolute atomic E-state index is 10.2. The van der Waals surface area contributed by atoms with E-state index in [0.29, 0.717) is 6.47 Å². The van der Waals surface area contributed by atoms with Crippen molar-refractivity contribution < 1.29 is 9.53 Å². The van der Waals surface area contributed by atoms with E-state index in [4.69, 9.17) is 4.74 Å². The van der Waals surface area contributed by atoms with Crippen molar-refractivity contribution in [2.45, 2.75) is 10.4 Å². The van der Waals surface area contributed by atoms with Crippen molar-refractivity contribution >= 4 is 102 Å². The molecule has 0 atom stereocenters. The van der Waals surface area contributed by atoms with E-state index in [1.165, 1.54) is 0 Å². The van der Waals surface area contributed by atoms with E-state index in [9.17, 15) is 4.79 Å². The Morgan fingerprint density at radius 2 is 1.33 bits per heavy atom. The van der Waals surface area contributed by atoms with Crippen LogP contribution in [0.2, 0.25) is 0 Å². The zero-order valence-electron chi connectivity index (χ0n) is 5.24. The van der Waals surface area contributed by atoms with Crippen LogP contribution in [0.4, 0.5) is 0 Å². The molecular formula is C4H2Br6O2. The van der Waals surface area contributed by atoms with Crippen LogP contribution in [0.3, 0.4) is 0 Å². The Labute approximate surface area is 120 Å². The van der Waals surface area contributed by atoms with E-state index in [0.717, 1.165) is 0 Å². The zero-order chi connectivity index (χ0) is 9.99. The summed E-state index contributed by atoms with van der Waals surface area (Å²) in [4.78, 5) is 10.2. The van der Waals surface area contributed by atoms with Gasteiger partial charge in [0, 0.05) is 0 Å². The zero-order valence-corrected chi connectivity index (χ0v) is 14.8. The Morgan fingerprint density at radius 1 is 1.00 bits per heavy atom. The van der Waals surface area contributed by atoms with Crippen molar-refractivity contribution in [2.24, 2.45) is 0 Å². The fourth-order valence-electron chi connectivity index (χ4n) is 0.395. The first-order chi connectivity index (χ1) is 5.19. The van der Waals surface area contributed by atoms with Crippen LogP contribution in [0.5, 0.6) is 0 Å². The number of rotatable bonds is 2. The van der Waals surface area contributed by atoms with Crippen LogP contribution in [0.25, 0.3) is 0 Å². The topological polar surface area (TPSA) is 26.3 Å². The summed E-state index contributed by atoms with van der Waals surface area (Å²) in [5.41, 5.74) is 0. The number of carbonyl (C=O) groups is 1. The predicted octanol–water partition coefficient (Wildman–Crippen LogP) is 4.21. The van der Waals surface area contributed by atoms with Crippen LogP contribution in [0.1, 0.15) is 0 Å². The molecule has 0 saturated heterocycles. The van der Waals surface area contributed by atoms with Crippen LogP contribution in [0, 0.1) is 0 Å². The Balaban J connectivity index is 4.56. The Morgan fingerprint density at radius 3 is 1.42 bits per heavy atom. The predicted molar refractivity (Wildman–Crippen MR) is 70.0 cm³/mol. The van der Waals surface area contributed by atoms with Gasteiger partial charge >= 0.3 is 0 Å². The second-order valence-corrected chi connectivity index (χ2v) is 15.6. The lowest BCUT2D eigenvalue weighted by atomic mass is 10.5. The van der Waals surface area contributed by atoms with Gasteiger partial charge in [-0.15, -0.1) is 0 Å². The number of hydrogen-bond acceptors (Lipinski definition) is 2. The van der Waals surface area contributed by atoms with Gasteiger partial charge < -0.3 is 4.74 Å². The maximum Gasteiger partial charge on any atom is 0.293 e. The third-order valence-corrected chi connectivity index (χ3v) is 3.28. The fourth-order valence-corrected chi connectivity index (χ4v) is 5.87. The second-order valence-electron chi connectivity index (χ2n) is 1.70. The highest BCUT2D eigenvalue weighted by Crippen LogP contribution is 2.51. The van der Waals surface area contributed by atoms with Crippen molar-refractivity contribution in [3.63, 3.8) is 0 Å². The third kappa shape index (κ3) is 5.29. The smallest absolute Gasteiger partial charge is 0.293 e. The van der Waals surface area contributed by atoms with Gasteiger partial charge in [0.1, 0.15) is 0 Å². The first-order valence-corrected chi connectivity index (χ1v) is 7.18. The molecule has 0 amide bonds. The number of carbonyl (C=O) groups excluding carboxylic acids is 1. The monoisotopic (exact) mass is 556 g/mol. The van der Waals surface area contributed by atoms with Gasteiger partial charge in [-0.2, -0.15) is 0 Å². The molecule has 0 N–H and O–H groups in total. The summed E-state index contributed by atoms with van der Waals surface area (Å²) >= 11 is 19.4. The largest absolute Gasteiger partial charge is 0.458 e. The molecule has 0 fully saturated rings. The maximum atomic E-state index is 10.2. The summed E-state index contributed by atoms with van der Waals surface area (Å²) in [5, 5.41) is 0. The number of ether oxygens (including phenoxy) is 1. The van der Waals surface area contributed by atoms with E-state index in [1.807, 2.05) is 0 Å². The molecule has 8 heteroatoms. The van der Waals surface area contributed by atoms with Gasteiger partial charge in [0.25, 0.3) is 6.47 Å². The average molecular weight is 561 g/mol. The molecule has 72 valence electrons. The van der Waals surface area contributed by atoms with Crippen LogP contribution in [-0.4, -0.2) is 16.9 Å². The van der Waals surface area contributed by atoms with Crippen LogP contribution in [0.15, 0.2) is 0 Å². The summed E-state index contributed by atoms with van der Waals surface area (Å²) < 4.78 is 3.40. The summed E-state index contributed by atoms with van der Waals surface area (Å²) in [7, 11) is 0. The molecule has 0 aromatic heterocycles. The van der Waals surface area contributed by atoms with Crippen LogP contribution >= 0.6 is 95.6 Å². The van der Waals surface area contributed by atoms with E-state index in [1.54, 1.807) is 0 Å². The molecule has 0 heterocycles. The van der Waals surface area contributed by atoms with Crippen molar-refractivity contribution in [1.82, 2.24) is 0 Å². The first kappa shape index (κ1) is 14.3. The van der Waals surface area contributed by atoms with Crippen molar-refractivity contribution in [2.75, 3.05) is 0 Å². The van der Waals surface area contributed by atoms with Crippen molar-refractivity contribution in [3.05, 3.63) is 0 Å². The normalized spacial score (nSPS) is 13.2. The molecule has 0 spiro atoms. The highest BCUT2D eigenvalue weighted by atomic mass is 80.0. The molecule has 0 aromatic rings. The summed E-state index contributed by atoms with van der Waals surface area (Å²) in [6.07, 6.45) is -0.539. The van der Waals surface area contributed by atoms with Gasteiger partial charge in [-0.1, -0.05) is 95.6 Å². The number of alkyl halides is 6. The molecule has 0 aliphatic heterocycles. The molecule has 0 bridgehead atoms. The Bertz CT molecular complexity index is 144. The second kappa shape index (κ2) is 5.44. The van der Waals surface area contributed by atoms with E-state index >= 15 is 0 Å². The van der Waals surface area contributed by atoms with Gasteiger partial charge in [0.2, 0.25) is 0 Å². The van der Waals surface area contributed by atoms with E-state index in [2.05, 4.69) is 95.6 Å². The van der Waals surface area contributed by atoms with E-state index in [-0.39, 0.29) is 0 Å². The number of halogens is 6. The summed E-state index contributed by atoms with van der Waals surface area (Å²) in [6, 6.07) is 0. The molecule has 0 saturated carbocycles. The molecule has 0 aliphatic rings. The van der Waals surface area contributed by atoms with Gasteiger partial charge in [-0.3, -0.25) is 4.79 Å². The van der Waals surface area contributed by atoms with Gasteiger partial charge in [-0.05, 0) is 0 Å². The fraction of sp³-hybridized carbons (Fsp3) is 0.750. The van der Waals surface area contributed by atoms with Crippen molar-refractivity contribution in [1.29, 1.82) is 0 Å². The highest BCUT2D eigenvalue weighted by molar-refractivity contribution is 9.40. The quantitative estimate of drug-likeness (QED) is 0.373. The molecule has 0 radical (unpaired) electrons. The molecule has 0 rings (SSSR count). The minimum atomic E-state index is -0.704. The van der Waals surface area contributed by atoms with Gasteiger partial charge in [0.05, 0.1) is 0 Å². The van der Waals surface area contributed by atoms with Crippen molar-refractivity contribution in [3.8, 4) is 0 Å². The summed E-state index contributed by atoms with van der Waals surface area (Å²) in [5.74, 6) is 0. The van der Waals surface area contributed by atoms with E-state index < -0.39 is 10.4 Å². The lowest BCUT2D eigenvalue weighted by molar-refractivity contribution is -0.132. The Kier molecular flexibility index (Phi) is 6.50. The first-order valence-electron chi connectivity index (χ1n) is 2.42. The van der Waals surface area contributed by atoms with Gasteiger partial charge in [-0.25, -0.2) is 0 Å². The molecular weight excluding hydrogens is 559 g/mol. The lowest BCUT2D eigenvalue weighted by Gasteiger charge is -2.30.